The van der Waals surface area contributed by atoms with Crippen molar-refractivity contribution < 1.29 is 5.11 Å². The third-order valence-electron chi connectivity index (χ3n) is 3.34. The van der Waals surface area contributed by atoms with Crippen LogP contribution in [0.1, 0.15) is 24.2 Å². The Morgan fingerprint density at radius 3 is 2.80 bits per heavy atom. The Morgan fingerprint density at radius 1 is 1.40 bits per heavy atom. The normalized spacial score (nSPS) is 18.3. The number of nitrogens with zero attached hydrogens (tertiary/aromatic N) is 2. The van der Waals surface area contributed by atoms with Crippen molar-refractivity contribution in [1.82, 2.24) is 9.55 Å². The predicted molar refractivity (Wildman–Crippen MR) is 58.6 cm³/mol. The van der Waals surface area contributed by atoms with Crippen molar-refractivity contribution in [2.24, 2.45) is 7.05 Å². The highest BCUT2D eigenvalue weighted by Gasteiger charge is 2.43. The van der Waals surface area contributed by atoms with Crippen LogP contribution in [0.3, 0.4) is 0 Å². The summed E-state index contributed by atoms with van der Waals surface area (Å²) < 4.78 is 2.06. The summed E-state index contributed by atoms with van der Waals surface area (Å²) in [7, 11) is 2.00. The molecule has 1 heterocycles. The standard InChI is InChI=1S/C12H14N2O/c1-8-13-10-5-3-4-9(11(10)14(8)2)12(15)6-7-12/h3-5,15H,6-7H2,1-2H3. The lowest BCUT2D eigenvalue weighted by Gasteiger charge is -2.10. The first-order valence-electron chi connectivity index (χ1n) is 5.27. The van der Waals surface area contributed by atoms with Crippen molar-refractivity contribution in [1.29, 1.82) is 0 Å². The number of hydrogen-bond acceptors (Lipinski definition) is 2. The van der Waals surface area contributed by atoms with Gasteiger partial charge in [0.05, 0.1) is 16.6 Å². The lowest BCUT2D eigenvalue weighted by Crippen LogP contribution is -2.07. The minimum absolute atomic E-state index is 0.584. The van der Waals surface area contributed by atoms with Crippen molar-refractivity contribution in [3.05, 3.63) is 29.6 Å². The average Bonchev–Trinajstić information content (AvgIpc) is 2.89. The third kappa shape index (κ3) is 1.13. The second kappa shape index (κ2) is 2.61. The molecule has 1 N–H and O–H groups in total. The molecule has 0 spiro atoms. The molecule has 0 unspecified atom stereocenters. The molecular weight excluding hydrogens is 188 g/mol. The molecule has 78 valence electrons. The number of aryl methyl sites for hydroxylation is 2. The van der Waals surface area contributed by atoms with E-state index in [0.29, 0.717) is 0 Å². The van der Waals surface area contributed by atoms with E-state index in [1.165, 1.54) is 0 Å². The zero-order chi connectivity index (χ0) is 10.6. The topological polar surface area (TPSA) is 38.1 Å². The van der Waals surface area contributed by atoms with Gasteiger partial charge in [0.25, 0.3) is 0 Å². The van der Waals surface area contributed by atoms with E-state index in [9.17, 15) is 5.11 Å². The first-order chi connectivity index (χ1) is 7.12. The van der Waals surface area contributed by atoms with E-state index in [1.54, 1.807) is 0 Å². The fraction of sp³-hybridized carbons (Fsp3) is 0.417. The summed E-state index contributed by atoms with van der Waals surface area (Å²) in [6.45, 7) is 1.99. The Morgan fingerprint density at radius 2 is 2.13 bits per heavy atom. The zero-order valence-electron chi connectivity index (χ0n) is 8.99. The Kier molecular flexibility index (Phi) is 1.55. The summed E-state index contributed by atoms with van der Waals surface area (Å²) in [5.74, 6) is 0.988. The molecule has 1 aliphatic rings. The highest BCUT2D eigenvalue weighted by atomic mass is 16.3. The van der Waals surface area contributed by atoms with Gasteiger partial charge >= 0.3 is 0 Å². The number of imidazole rings is 1. The van der Waals surface area contributed by atoms with Crippen molar-refractivity contribution >= 4 is 11.0 Å². The van der Waals surface area contributed by atoms with Crippen molar-refractivity contribution in [3.63, 3.8) is 0 Å². The van der Waals surface area contributed by atoms with Crippen LogP contribution in [0, 0.1) is 6.92 Å². The van der Waals surface area contributed by atoms with Gasteiger partial charge in [0.15, 0.2) is 0 Å². The number of fused-ring (bicyclic) bond motifs is 1. The first kappa shape index (κ1) is 8.92. The van der Waals surface area contributed by atoms with Crippen LogP contribution in [0.25, 0.3) is 11.0 Å². The number of aliphatic hydroxyl groups is 1. The molecule has 1 aromatic heterocycles. The van der Waals surface area contributed by atoms with Gasteiger partial charge in [-0.1, -0.05) is 12.1 Å². The summed E-state index contributed by atoms with van der Waals surface area (Å²) in [5.41, 5.74) is 2.51. The fourth-order valence-electron chi connectivity index (χ4n) is 2.15. The Bertz CT molecular complexity index is 538. The average molecular weight is 202 g/mol. The molecule has 0 bridgehead atoms. The van der Waals surface area contributed by atoms with Gasteiger partial charge in [-0.05, 0) is 25.8 Å². The van der Waals surface area contributed by atoms with Gasteiger partial charge in [-0.25, -0.2) is 4.98 Å². The third-order valence-corrected chi connectivity index (χ3v) is 3.34. The molecule has 3 heteroatoms. The second-order valence-corrected chi connectivity index (χ2v) is 4.42. The van der Waals surface area contributed by atoms with Gasteiger partial charge in [0, 0.05) is 12.6 Å². The maximum atomic E-state index is 10.2. The molecular formula is C12H14N2O. The molecule has 0 saturated heterocycles. The van der Waals surface area contributed by atoms with Crippen LogP contribution in [0.15, 0.2) is 18.2 Å². The molecule has 0 amide bonds. The summed E-state index contributed by atoms with van der Waals surface area (Å²) in [6, 6.07) is 5.98. The van der Waals surface area contributed by atoms with E-state index < -0.39 is 5.60 Å². The molecule has 1 fully saturated rings. The van der Waals surface area contributed by atoms with E-state index in [2.05, 4.69) is 9.55 Å². The maximum absolute atomic E-state index is 10.2. The summed E-state index contributed by atoms with van der Waals surface area (Å²) in [5, 5.41) is 10.2. The molecule has 1 aliphatic carbocycles. The highest BCUT2D eigenvalue weighted by Crippen LogP contribution is 2.47. The van der Waals surface area contributed by atoms with Crippen LogP contribution < -0.4 is 0 Å². The van der Waals surface area contributed by atoms with Crippen LogP contribution in [0.2, 0.25) is 0 Å². The Hall–Kier alpha value is -1.35. The van der Waals surface area contributed by atoms with E-state index in [1.807, 2.05) is 32.2 Å². The Labute approximate surface area is 88.4 Å². The van der Waals surface area contributed by atoms with E-state index in [4.69, 9.17) is 0 Å². The van der Waals surface area contributed by atoms with Crippen LogP contribution >= 0.6 is 0 Å². The van der Waals surface area contributed by atoms with Crippen LogP contribution in [0.4, 0.5) is 0 Å². The zero-order valence-corrected chi connectivity index (χ0v) is 8.99. The van der Waals surface area contributed by atoms with Gasteiger partial charge in [-0.2, -0.15) is 0 Å². The second-order valence-electron chi connectivity index (χ2n) is 4.42. The highest BCUT2D eigenvalue weighted by molar-refractivity contribution is 5.81. The number of rotatable bonds is 1. The monoisotopic (exact) mass is 202 g/mol. The van der Waals surface area contributed by atoms with E-state index in [0.717, 1.165) is 35.3 Å². The molecule has 0 atom stereocenters. The first-order valence-corrected chi connectivity index (χ1v) is 5.27. The lowest BCUT2D eigenvalue weighted by atomic mass is 10.1. The SMILES string of the molecule is Cc1nc2cccc(C3(O)CC3)c2n1C. The summed E-state index contributed by atoms with van der Waals surface area (Å²) in [4.78, 5) is 4.47. The Balaban J connectivity index is 2.38. The molecule has 0 aliphatic heterocycles. The minimum Gasteiger partial charge on any atom is -0.385 e. The fourth-order valence-corrected chi connectivity index (χ4v) is 2.15. The lowest BCUT2D eigenvalue weighted by molar-refractivity contribution is 0.153. The summed E-state index contributed by atoms with van der Waals surface area (Å²) >= 11 is 0. The molecule has 15 heavy (non-hydrogen) atoms. The van der Waals surface area contributed by atoms with Crippen LogP contribution in [0.5, 0.6) is 0 Å². The number of para-hydroxylation sites is 1. The molecule has 3 nitrogen and oxygen atoms in total. The minimum atomic E-state index is -0.584. The van der Waals surface area contributed by atoms with Crippen molar-refractivity contribution in [2.75, 3.05) is 0 Å². The number of hydrogen-bond donors (Lipinski definition) is 1. The predicted octanol–water partition coefficient (Wildman–Crippen LogP) is 1.86. The van der Waals surface area contributed by atoms with Crippen LogP contribution in [-0.4, -0.2) is 14.7 Å². The van der Waals surface area contributed by atoms with Crippen LogP contribution in [-0.2, 0) is 12.6 Å². The molecule has 3 rings (SSSR count). The molecule has 2 aromatic rings. The molecule has 1 aromatic carbocycles. The maximum Gasteiger partial charge on any atom is 0.106 e. The largest absolute Gasteiger partial charge is 0.385 e. The summed E-state index contributed by atoms with van der Waals surface area (Å²) in [6.07, 6.45) is 1.74. The molecule has 0 radical (unpaired) electrons. The van der Waals surface area contributed by atoms with Crippen molar-refractivity contribution in [2.45, 2.75) is 25.4 Å². The van der Waals surface area contributed by atoms with Gasteiger partial charge in [-0.3, -0.25) is 0 Å². The van der Waals surface area contributed by atoms with Crippen molar-refractivity contribution in [3.8, 4) is 0 Å². The smallest absolute Gasteiger partial charge is 0.106 e. The quantitative estimate of drug-likeness (QED) is 0.766. The number of aromatic nitrogens is 2. The van der Waals surface area contributed by atoms with Gasteiger partial charge in [0.1, 0.15) is 5.82 Å². The van der Waals surface area contributed by atoms with Gasteiger partial charge in [-0.15, -0.1) is 0 Å². The van der Waals surface area contributed by atoms with E-state index >= 15 is 0 Å². The van der Waals surface area contributed by atoms with Gasteiger partial charge < -0.3 is 9.67 Å². The van der Waals surface area contributed by atoms with E-state index in [-0.39, 0.29) is 0 Å². The molecule has 1 saturated carbocycles. The van der Waals surface area contributed by atoms with Gasteiger partial charge in [0.2, 0.25) is 0 Å². The number of benzene rings is 1.